The SMILES string of the molecule is N#Cc1ccc(CCCCCC[C]=O)cc1. The van der Waals surface area contributed by atoms with Crippen molar-refractivity contribution in [2.45, 2.75) is 38.5 Å². The van der Waals surface area contributed by atoms with Crippen molar-refractivity contribution in [3.63, 3.8) is 0 Å². The summed E-state index contributed by atoms with van der Waals surface area (Å²) in [5.41, 5.74) is 1.99. The van der Waals surface area contributed by atoms with Gasteiger partial charge in [0.25, 0.3) is 0 Å². The molecule has 0 aliphatic heterocycles. The summed E-state index contributed by atoms with van der Waals surface area (Å²) in [7, 11) is 0. The first-order valence-corrected chi connectivity index (χ1v) is 5.71. The zero-order valence-corrected chi connectivity index (χ0v) is 9.41. The highest BCUT2D eigenvalue weighted by atomic mass is 16.1. The maximum absolute atomic E-state index is 9.97. The summed E-state index contributed by atoms with van der Waals surface area (Å²) in [4.78, 5) is 9.97. The maximum atomic E-state index is 9.97. The lowest BCUT2D eigenvalue weighted by molar-refractivity contribution is 0.543. The number of hydrogen-bond acceptors (Lipinski definition) is 2. The Bertz CT molecular complexity index is 348. The molecule has 0 fully saturated rings. The molecule has 0 N–H and O–H groups in total. The predicted molar refractivity (Wildman–Crippen MR) is 63.6 cm³/mol. The van der Waals surface area contributed by atoms with Gasteiger partial charge in [0.15, 0.2) is 6.29 Å². The molecule has 0 aliphatic carbocycles. The van der Waals surface area contributed by atoms with Gasteiger partial charge >= 0.3 is 0 Å². The fourth-order valence-corrected chi connectivity index (χ4v) is 1.63. The molecular formula is C14H16NO. The molecule has 1 radical (unpaired) electrons. The molecule has 0 aromatic heterocycles. The summed E-state index contributed by atoms with van der Waals surface area (Å²) >= 11 is 0. The summed E-state index contributed by atoms with van der Waals surface area (Å²) in [6, 6.07) is 9.85. The monoisotopic (exact) mass is 214 g/mol. The molecule has 0 saturated heterocycles. The largest absolute Gasteiger partial charge is 0.291 e. The third-order valence-electron chi connectivity index (χ3n) is 2.58. The third-order valence-corrected chi connectivity index (χ3v) is 2.58. The number of nitriles is 1. The van der Waals surface area contributed by atoms with Crippen molar-refractivity contribution >= 4 is 6.29 Å². The molecule has 0 unspecified atom stereocenters. The van der Waals surface area contributed by atoms with Crippen molar-refractivity contribution in [2.24, 2.45) is 0 Å². The van der Waals surface area contributed by atoms with Crippen molar-refractivity contribution in [3.8, 4) is 6.07 Å². The van der Waals surface area contributed by atoms with Crippen molar-refractivity contribution in [1.82, 2.24) is 0 Å². The van der Waals surface area contributed by atoms with E-state index in [1.54, 1.807) is 0 Å². The highest BCUT2D eigenvalue weighted by molar-refractivity contribution is 5.50. The van der Waals surface area contributed by atoms with E-state index in [-0.39, 0.29) is 0 Å². The average molecular weight is 214 g/mol. The van der Waals surface area contributed by atoms with Crippen LogP contribution in [-0.4, -0.2) is 6.29 Å². The van der Waals surface area contributed by atoms with E-state index in [4.69, 9.17) is 5.26 Å². The van der Waals surface area contributed by atoms with Crippen LogP contribution in [-0.2, 0) is 11.2 Å². The van der Waals surface area contributed by atoms with E-state index in [1.165, 1.54) is 5.56 Å². The lowest BCUT2D eigenvalue weighted by atomic mass is 10.0. The van der Waals surface area contributed by atoms with Gasteiger partial charge in [-0.25, -0.2) is 0 Å². The fraction of sp³-hybridized carbons (Fsp3) is 0.429. The van der Waals surface area contributed by atoms with Gasteiger partial charge in [0.1, 0.15) is 0 Å². The van der Waals surface area contributed by atoms with Crippen LogP contribution in [0.1, 0.15) is 43.2 Å². The first kappa shape index (κ1) is 12.4. The standard InChI is InChI=1S/C14H16NO/c15-12-14-9-7-13(8-10-14)6-4-2-1-3-5-11-16/h7-10H,1-6H2. The average Bonchev–Trinajstić information content (AvgIpc) is 2.34. The van der Waals surface area contributed by atoms with E-state index in [0.29, 0.717) is 12.0 Å². The fourth-order valence-electron chi connectivity index (χ4n) is 1.63. The topological polar surface area (TPSA) is 40.9 Å². The Morgan fingerprint density at radius 3 is 2.31 bits per heavy atom. The summed E-state index contributed by atoms with van der Waals surface area (Å²) < 4.78 is 0. The van der Waals surface area contributed by atoms with Crippen LogP contribution in [0.3, 0.4) is 0 Å². The van der Waals surface area contributed by atoms with Crippen LogP contribution in [0.25, 0.3) is 0 Å². The molecule has 16 heavy (non-hydrogen) atoms. The van der Waals surface area contributed by atoms with Gasteiger partial charge in [-0.2, -0.15) is 5.26 Å². The minimum atomic E-state index is 0.566. The molecule has 0 heterocycles. The minimum absolute atomic E-state index is 0.566. The molecule has 1 aromatic rings. The van der Waals surface area contributed by atoms with Crippen LogP contribution in [0.5, 0.6) is 0 Å². The van der Waals surface area contributed by atoms with Crippen LogP contribution in [0, 0.1) is 11.3 Å². The molecule has 2 nitrogen and oxygen atoms in total. The van der Waals surface area contributed by atoms with Crippen LogP contribution >= 0.6 is 0 Å². The number of rotatable bonds is 7. The van der Waals surface area contributed by atoms with Gasteiger partial charge in [0.2, 0.25) is 0 Å². The van der Waals surface area contributed by atoms with Crippen molar-refractivity contribution in [1.29, 1.82) is 5.26 Å². The number of aryl methyl sites for hydroxylation is 1. The van der Waals surface area contributed by atoms with Crippen LogP contribution in [0.2, 0.25) is 0 Å². The Morgan fingerprint density at radius 2 is 1.69 bits per heavy atom. The van der Waals surface area contributed by atoms with E-state index in [0.717, 1.165) is 32.1 Å². The molecule has 2 heteroatoms. The van der Waals surface area contributed by atoms with Gasteiger partial charge in [-0.1, -0.05) is 25.0 Å². The Morgan fingerprint density at radius 1 is 1.00 bits per heavy atom. The summed E-state index contributed by atoms with van der Waals surface area (Å²) in [5, 5.41) is 8.64. The molecule has 0 spiro atoms. The van der Waals surface area contributed by atoms with E-state index in [2.05, 4.69) is 6.07 Å². The highest BCUT2D eigenvalue weighted by Crippen LogP contribution is 2.09. The Hall–Kier alpha value is -1.62. The zero-order chi connectivity index (χ0) is 11.6. The molecule has 83 valence electrons. The minimum Gasteiger partial charge on any atom is -0.291 e. The van der Waals surface area contributed by atoms with Gasteiger partial charge in [-0.05, 0) is 37.0 Å². The maximum Gasteiger partial charge on any atom is 0.198 e. The van der Waals surface area contributed by atoms with Gasteiger partial charge in [0, 0.05) is 6.42 Å². The normalized spacial score (nSPS) is 9.69. The van der Waals surface area contributed by atoms with Gasteiger partial charge in [-0.15, -0.1) is 0 Å². The van der Waals surface area contributed by atoms with Crippen molar-refractivity contribution in [2.75, 3.05) is 0 Å². The second-order valence-corrected chi connectivity index (χ2v) is 3.87. The molecule has 0 saturated carbocycles. The molecule has 0 atom stereocenters. The van der Waals surface area contributed by atoms with E-state index in [9.17, 15) is 4.79 Å². The van der Waals surface area contributed by atoms with E-state index >= 15 is 0 Å². The smallest absolute Gasteiger partial charge is 0.198 e. The highest BCUT2D eigenvalue weighted by Gasteiger charge is 1.95. The summed E-state index contributed by atoms with van der Waals surface area (Å²) in [6.07, 6.45) is 7.88. The molecule has 1 rings (SSSR count). The number of nitrogens with zero attached hydrogens (tertiary/aromatic N) is 1. The summed E-state index contributed by atoms with van der Waals surface area (Å²) in [6.45, 7) is 0. The second kappa shape index (κ2) is 7.64. The first-order valence-electron chi connectivity index (χ1n) is 5.71. The summed E-state index contributed by atoms with van der Waals surface area (Å²) in [5.74, 6) is 0. The molecule has 0 aliphatic rings. The van der Waals surface area contributed by atoms with Gasteiger partial charge in [-0.3, -0.25) is 4.79 Å². The van der Waals surface area contributed by atoms with Gasteiger partial charge in [0.05, 0.1) is 11.6 Å². The van der Waals surface area contributed by atoms with Crippen molar-refractivity contribution in [3.05, 3.63) is 35.4 Å². The molecular weight excluding hydrogens is 198 g/mol. The Balaban J connectivity index is 2.17. The molecule has 0 amide bonds. The van der Waals surface area contributed by atoms with Crippen LogP contribution in [0.4, 0.5) is 0 Å². The zero-order valence-electron chi connectivity index (χ0n) is 9.41. The second-order valence-electron chi connectivity index (χ2n) is 3.87. The lowest BCUT2D eigenvalue weighted by Gasteiger charge is -2.01. The van der Waals surface area contributed by atoms with Crippen molar-refractivity contribution < 1.29 is 4.79 Å². The van der Waals surface area contributed by atoms with Gasteiger partial charge < -0.3 is 0 Å². The molecule has 1 aromatic carbocycles. The first-order chi connectivity index (χ1) is 7.86. The quantitative estimate of drug-likeness (QED) is 0.654. The van der Waals surface area contributed by atoms with Crippen LogP contribution < -0.4 is 0 Å². The number of unbranched alkanes of at least 4 members (excludes halogenated alkanes) is 4. The third kappa shape index (κ3) is 4.75. The van der Waals surface area contributed by atoms with E-state index < -0.39 is 0 Å². The number of benzene rings is 1. The Kier molecular flexibility index (Phi) is 5.95. The molecule has 0 bridgehead atoms. The van der Waals surface area contributed by atoms with Crippen LogP contribution in [0.15, 0.2) is 24.3 Å². The lowest BCUT2D eigenvalue weighted by Crippen LogP contribution is -1.87. The van der Waals surface area contributed by atoms with E-state index in [1.807, 2.05) is 30.6 Å². The number of hydrogen-bond donors (Lipinski definition) is 0. The number of carbonyl (C=O) groups excluding carboxylic acids is 1. The Labute approximate surface area is 96.9 Å². The predicted octanol–water partition coefficient (Wildman–Crippen LogP) is 3.16.